The average molecular weight is 393 g/mol. The number of ether oxygens (including phenoxy) is 1. The highest BCUT2D eigenvalue weighted by Crippen LogP contribution is 2.35. The summed E-state index contributed by atoms with van der Waals surface area (Å²) in [6.07, 6.45) is 2.69. The van der Waals surface area contributed by atoms with Gasteiger partial charge in [0, 0.05) is 32.7 Å². The number of carbonyl (C=O) groups excluding carboxylic acids is 1. The third kappa shape index (κ3) is 4.67. The van der Waals surface area contributed by atoms with Crippen molar-refractivity contribution >= 4 is 17.7 Å². The number of aliphatic hydroxyl groups is 1. The number of hydrogen-bond acceptors (Lipinski definition) is 5. The molecule has 0 atom stereocenters. The molecular weight excluding hydrogens is 366 g/mol. The Balaban J connectivity index is 1.45. The van der Waals surface area contributed by atoms with E-state index in [0.29, 0.717) is 18.1 Å². The van der Waals surface area contributed by atoms with Crippen molar-refractivity contribution in [3.8, 4) is 5.75 Å². The van der Waals surface area contributed by atoms with Crippen molar-refractivity contribution in [1.29, 1.82) is 0 Å². The molecule has 1 fully saturated rings. The molecule has 6 heteroatoms. The van der Waals surface area contributed by atoms with Crippen LogP contribution in [0.1, 0.15) is 12.0 Å². The van der Waals surface area contributed by atoms with E-state index in [9.17, 15) is 9.90 Å². The Kier molecular flexibility index (Phi) is 6.24. The van der Waals surface area contributed by atoms with Gasteiger partial charge < -0.3 is 19.6 Å². The molecule has 2 aromatic rings. The topological polar surface area (TPSA) is 56.2 Å². The summed E-state index contributed by atoms with van der Waals surface area (Å²) in [4.78, 5) is 19.4. The van der Waals surface area contributed by atoms with Gasteiger partial charge in [-0.1, -0.05) is 42.5 Å². The second-order valence-corrected chi connectivity index (χ2v) is 7.40. The van der Waals surface area contributed by atoms with Gasteiger partial charge in [-0.3, -0.25) is 9.69 Å². The fourth-order valence-corrected chi connectivity index (χ4v) is 3.79. The first kappa shape index (κ1) is 19.6. The zero-order valence-electron chi connectivity index (χ0n) is 16.5. The molecular formula is C23H27N3O3. The molecule has 0 aromatic heterocycles. The number of rotatable bonds is 6. The summed E-state index contributed by atoms with van der Waals surface area (Å²) in [5, 5.41) is 9.22. The van der Waals surface area contributed by atoms with Crippen LogP contribution < -0.4 is 9.64 Å². The maximum absolute atomic E-state index is 13.1. The van der Waals surface area contributed by atoms with Crippen molar-refractivity contribution in [2.24, 2.45) is 0 Å². The first-order valence-corrected chi connectivity index (χ1v) is 10.2. The molecule has 0 saturated carbocycles. The van der Waals surface area contributed by atoms with Gasteiger partial charge in [0.25, 0.3) is 5.91 Å². The predicted octanol–water partition coefficient (Wildman–Crippen LogP) is 2.41. The summed E-state index contributed by atoms with van der Waals surface area (Å²) in [5.41, 5.74) is 1.77. The normalized spacial score (nSPS) is 19.3. The predicted molar refractivity (Wildman–Crippen MR) is 114 cm³/mol. The molecule has 152 valence electrons. The molecule has 1 saturated heterocycles. The summed E-state index contributed by atoms with van der Waals surface area (Å²) in [5.74, 6) is 0.968. The van der Waals surface area contributed by atoms with Crippen LogP contribution in [0.5, 0.6) is 5.75 Å². The lowest BCUT2D eigenvalue weighted by Crippen LogP contribution is -2.47. The van der Waals surface area contributed by atoms with E-state index in [1.807, 2.05) is 64.4 Å². The second-order valence-electron chi connectivity index (χ2n) is 7.40. The molecule has 0 bridgehead atoms. The van der Waals surface area contributed by atoms with Crippen molar-refractivity contribution in [3.63, 3.8) is 0 Å². The highest BCUT2D eigenvalue weighted by Gasteiger charge is 2.30. The Labute approximate surface area is 171 Å². The van der Waals surface area contributed by atoms with Gasteiger partial charge in [-0.25, -0.2) is 0 Å². The molecule has 0 spiro atoms. The molecule has 4 rings (SSSR count). The summed E-state index contributed by atoms with van der Waals surface area (Å²) >= 11 is 0. The minimum Gasteiger partial charge on any atom is -0.449 e. The number of benzene rings is 2. The zero-order valence-corrected chi connectivity index (χ0v) is 16.5. The van der Waals surface area contributed by atoms with Crippen LogP contribution in [0.25, 0.3) is 6.08 Å². The number of nitrogens with zero attached hydrogens (tertiary/aromatic N) is 3. The molecule has 2 aliphatic heterocycles. The molecule has 2 aromatic carbocycles. The molecule has 0 aliphatic carbocycles. The van der Waals surface area contributed by atoms with Gasteiger partial charge in [-0.05, 0) is 36.7 Å². The van der Waals surface area contributed by atoms with Crippen LogP contribution in [0.15, 0.2) is 60.4 Å². The largest absolute Gasteiger partial charge is 0.449 e. The summed E-state index contributed by atoms with van der Waals surface area (Å²) < 4.78 is 5.93. The van der Waals surface area contributed by atoms with E-state index < -0.39 is 0 Å². The Hall–Kier alpha value is -2.67. The molecule has 1 amide bonds. The Morgan fingerprint density at radius 1 is 0.897 bits per heavy atom. The number of amides is 1. The SMILES string of the molecule is O=C1/C(=C/c2ccccc2)Oc2ccccc2N1CCCN1CCN(CO)CC1. The van der Waals surface area contributed by atoms with Crippen LogP contribution >= 0.6 is 0 Å². The lowest BCUT2D eigenvalue weighted by Gasteiger charge is -2.34. The second kappa shape index (κ2) is 9.22. The van der Waals surface area contributed by atoms with E-state index in [-0.39, 0.29) is 12.6 Å². The van der Waals surface area contributed by atoms with Gasteiger partial charge in [0.15, 0.2) is 11.5 Å². The van der Waals surface area contributed by atoms with Crippen LogP contribution in [0.2, 0.25) is 0 Å². The molecule has 6 nitrogen and oxygen atoms in total. The molecule has 1 N–H and O–H groups in total. The zero-order chi connectivity index (χ0) is 20.1. The summed E-state index contributed by atoms with van der Waals surface area (Å²) in [6, 6.07) is 17.5. The maximum Gasteiger partial charge on any atom is 0.294 e. The van der Waals surface area contributed by atoms with Crippen molar-refractivity contribution < 1.29 is 14.6 Å². The molecule has 2 aliphatic rings. The van der Waals surface area contributed by atoms with E-state index >= 15 is 0 Å². The lowest BCUT2D eigenvalue weighted by molar-refractivity contribution is -0.117. The maximum atomic E-state index is 13.1. The van der Waals surface area contributed by atoms with E-state index in [1.54, 1.807) is 6.08 Å². The fourth-order valence-electron chi connectivity index (χ4n) is 3.79. The van der Waals surface area contributed by atoms with E-state index in [1.165, 1.54) is 0 Å². The minimum absolute atomic E-state index is 0.0994. The van der Waals surface area contributed by atoms with Crippen molar-refractivity contribution in [2.75, 3.05) is 50.9 Å². The first-order valence-electron chi connectivity index (χ1n) is 10.2. The number of carbonyl (C=O) groups is 1. The van der Waals surface area contributed by atoms with Crippen LogP contribution in [0.4, 0.5) is 5.69 Å². The first-order chi connectivity index (χ1) is 14.2. The number of para-hydroxylation sites is 2. The molecule has 0 unspecified atom stereocenters. The highest BCUT2D eigenvalue weighted by atomic mass is 16.5. The third-order valence-electron chi connectivity index (χ3n) is 5.45. The Morgan fingerprint density at radius 2 is 1.59 bits per heavy atom. The highest BCUT2D eigenvalue weighted by molar-refractivity contribution is 6.09. The number of aliphatic hydroxyl groups excluding tert-OH is 1. The fraction of sp³-hybridized carbons (Fsp3) is 0.348. The van der Waals surface area contributed by atoms with Crippen LogP contribution in [0, 0.1) is 0 Å². The number of fused-ring (bicyclic) bond motifs is 1. The van der Waals surface area contributed by atoms with Crippen molar-refractivity contribution in [2.45, 2.75) is 6.42 Å². The van der Waals surface area contributed by atoms with Crippen LogP contribution in [-0.4, -0.2) is 66.8 Å². The monoisotopic (exact) mass is 393 g/mol. The van der Waals surface area contributed by atoms with Gasteiger partial charge in [0.2, 0.25) is 0 Å². The van der Waals surface area contributed by atoms with Crippen molar-refractivity contribution in [3.05, 3.63) is 65.9 Å². The number of anilines is 1. The van der Waals surface area contributed by atoms with E-state index in [4.69, 9.17) is 4.74 Å². The van der Waals surface area contributed by atoms with Crippen LogP contribution in [0.3, 0.4) is 0 Å². The van der Waals surface area contributed by atoms with E-state index in [2.05, 4.69) is 4.90 Å². The van der Waals surface area contributed by atoms with Gasteiger partial charge in [-0.15, -0.1) is 0 Å². The molecule has 0 radical (unpaired) electrons. The quantitative estimate of drug-likeness (QED) is 0.764. The van der Waals surface area contributed by atoms with Crippen molar-refractivity contribution in [1.82, 2.24) is 9.80 Å². The standard InChI is InChI=1S/C23H27N3O3/c27-18-25-15-13-24(14-16-25)11-6-12-26-20-9-4-5-10-21(20)29-22(23(26)28)17-19-7-2-1-3-8-19/h1-5,7-10,17,27H,6,11-16,18H2/b22-17-. The smallest absolute Gasteiger partial charge is 0.294 e. The van der Waals surface area contributed by atoms with E-state index in [0.717, 1.165) is 50.4 Å². The lowest BCUT2D eigenvalue weighted by atomic mass is 10.1. The summed E-state index contributed by atoms with van der Waals surface area (Å²) in [7, 11) is 0. The van der Waals surface area contributed by atoms with Gasteiger partial charge in [-0.2, -0.15) is 0 Å². The summed E-state index contributed by atoms with van der Waals surface area (Å²) in [6.45, 7) is 5.39. The molecule has 29 heavy (non-hydrogen) atoms. The molecule has 2 heterocycles. The number of piperazine rings is 1. The average Bonchev–Trinajstić information content (AvgIpc) is 2.77. The van der Waals surface area contributed by atoms with Gasteiger partial charge in [0.05, 0.1) is 12.4 Å². The third-order valence-corrected chi connectivity index (χ3v) is 5.45. The van der Waals surface area contributed by atoms with Crippen LogP contribution in [-0.2, 0) is 4.79 Å². The Morgan fingerprint density at radius 3 is 2.34 bits per heavy atom. The Bertz CT molecular complexity index is 861. The van der Waals surface area contributed by atoms with Gasteiger partial charge >= 0.3 is 0 Å². The van der Waals surface area contributed by atoms with Gasteiger partial charge in [0.1, 0.15) is 0 Å². The minimum atomic E-state index is -0.0994. The number of hydrogen-bond donors (Lipinski definition) is 1.